The van der Waals surface area contributed by atoms with E-state index >= 15 is 0 Å². The lowest BCUT2D eigenvalue weighted by Crippen LogP contribution is -2.53. The van der Waals surface area contributed by atoms with Gasteiger partial charge >= 0.3 is 6.09 Å². The average molecular weight is 466 g/mol. The number of hydrogen-bond donors (Lipinski definition) is 0. The predicted molar refractivity (Wildman–Crippen MR) is 126 cm³/mol. The summed E-state index contributed by atoms with van der Waals surface area (Å²) < 4.78 is 34.5. The van der Waals surface area contributed by atoms with Crippen molar-refractivity contribution in [1.82, 2.24) is 15.1 Å². The quantitative estimate of drug-likeness (QED) is 0.435. The van der Waals surface area contributed by atoms with Crippen LogP contribution in [-0.4, -0.2) is 28.2 Å². The minimum absolute atomic E-state index is 0.0130. The van der Waals surface area contributed by atoms with E-state index in [0.717, 1.165) is 17.5 Å². The smallest absolute Gasteiger partial charge is 0.410 e. The summed E-state index contributed by atoms with van der Waals surface area (Å²) in [5.74, 6) is -1.39. The van der Waals surface area contributed by atoms with Crippen molar-refractivity contribution in [3.63, 3.8) is 0 Å². The first-order valence-electron chi connectivity index (χ1n) is 11.4. The first kappa shape index (κ1) is 23.8. The molecule has 0 N–H and O–H groups in total. The van der Waals surface area contributed by atoms with Crippen LogP contribution in [0.15, 0.2) is 54.6 Å². The Labute approximate surface area is 198 Å². The Morgan fingerprint density at radius 2 is 1.68 bits per heavy atom. The maximum Gasteiger partial charge on any atom is 0.410 e. The van der Waals surface area contributed by atoms with Crippen molar-refractivity contribution in [2.45, 2.75) is 52.2 Å². The fourth-order valence-corrected chi connectivity index (χ4v) is 5.27. The van der Waals surface area contributed by atoms with Gasteiger partial charge in [-0.1, -0.05) is 57.2 Å². The molecule has 2 aromatic carbocycles. The van der Waals surface area contributed by atoms with Gasteiger partial charge in [-0.15, -0.1) is 5.10 Å². The highest BCUT2D eigenvalue weighted by Gasteiger charge is 2.59. The van der Waals surface area contributed by atoms with Gasteiger partial charge < -0.3 is 4.74 Å². The summed E-state index contributed by atoms with van der Waals surface area (Å²) in [7, 11) is 1.70. The molecule has 0 saturated heterocycles. The molecule has 0 saturated carbocycles. The third-order valence-corrected chi connectivity index (χ3v) is 7.56. The molecule has 1 aromatic heterocycles. The van der Waals surface area contributed by atoms with E-state index in [1.165, 1.54) is 18.2 Å². The molecule has 1 aliphatic carbocycles. The molecule has 1 aliphatic rings. The molecular weight excluding hydrogens is 436 g/mol. The number of fused-ring (bicyclic) bond motifs is 1. The molecule has 34 heavy (non-hydrogen) atoms. The van der Waals surface area contributed by atoms with E-state index in [9.17, 15) is 13.6 Å². The monoisotopic (exact) mass is 465 g/mol. The highest BCUT2D eigenvalue weighted by molar-refractivity contribution is 5.70. The van der Waals surface area contributed by atoms with E-state index in [4.69, 9.17) is 4.74 Å². The lowest BCUT2D eigenvalue weighted by atomic mass is 9.68. The molecule has 1 amide bonds. The summed E-state index contributed by atoms with van der Waals surface area (Å²) in [5.41, 5.74) is 0.983. The van der Waals surface area contributed by atoms with Gasteiger partial charge in [0.25, 0.3) is 0 Å². The Morgan fingerprint density at radius 3 is 2.29 bits per heavy atom. The van der Waals surface area contributed by atoms with Crippen LogP contribution in [0.3, 0.4) is 0 Å². The Morgan fingerprint density at radius 1 is 1.03 bits per heavy atom. The minimum atomic E-state index is -0.851. The standard InChI is InChI=1S/C27H29F2N3O2/c1-6-19-18-15-22(23-20(28)13-10-14-21(23)29)30-31-24(18)27(4,26(19,2)3)32(5)25(33)34-16-17-11-8-7-9-12-17/h7-15,19H,6,16H2,1-5H3/t19-,27-/m0/s1. The van der Waals surface area contributed by atoms with Gasteiger partial charge in [-0.3, -0.25) is 4.90 Å². The van der Waals surface area contributed by atoms with Gasteiger partial charge in [-0.2, -0.15) is 5.10 Å². The summed E-state index contributed by atoms with van der Waals surface area (Å²) in [6, 6.07) is 14.9. The summed E-state index contributed by atoms with van der Waals surface area (Å²) >= 11 is 0. The first-order chi connectivity index (χ1) is 16.1. The Balaban J connectivity index is 1.73. The van der Waals surface area contributed by atoms with Crippen LogP contribution >= 0.6 is 0 Å². The number of rotatable bonds is 5. The third-order valence-electron chi connectivity index (χ3n) is 7.56. The SMILES string of the molecule is CC[C@H]1c2cc(-c3c(F)cccc3F)nnc2[C@](C)(N(C)C(=O)OCc2ccccc2)C1(C)C. The zero-order chi connectivity index (χ0) is 24.7. The number of hydrogen-bond acceptors (Lipinski definition) is 4. The molecule has 0 unspecified atom stereocenters. The number of ether oxygens (including phenoxy) is 1. The predicted octanol–water partition coefficient (Wildman–Crippen LogP) is 6.44. The summed E-state index contributed by atoms with van der Waals surface area (Å²) in [6.07, 6.45) is 0.279. The molecule has 2 atom stereocenters. The molecule has 7 heteroatoms. The molecule has 1 heterocycles. The molecule has 0 spiro atoms. The van der Waals surface area contributed by atoms with Crippen molar-refractivity contribution in [2.24, 2.45) is 5.41 Å². The van der Waals surface area contributed by atoms with Crippen LogP contribution in [0.5, 0.6) is 0 Å². The topological polar surface area (TPSA) is 55.3 Å². The third kappa shape index (κ3) is 3.63. The van der Waals surface area contributed by atoms with E-state index in [1.807, 2.05) is 37.3 Å². The maximum absolute atomic E-state index is 14.5. The van der Waals surface area contributed by atoms with Gasteiger partial charge in [-0.05, 0) is 48.6 Å². The fraction of sp³-hybridized carbons (Fsp3) is 0.370. The maximum atomic E-state index is 14.5. The number of carbonyl (C=O) groups excluding carboxylic acids is 1. The number of aromatic nitrogens is 2. The number of benzene rings is 2. The van der Waals surface area contributed by atoms with Crippen molar-refractivity contribution in [1.29, 1.82) is 0 Å². The molecule has 4 rings (SSSR count). The van der Waals surface area contributed by atoms with Crippen molar-refractivity contribution in [2.75, 3.05) is 7.05 Å². The Kier molecular flexibility index (Phi) is 6.14. The molecule has 0 bridgehead atoms. The van der Waals surface area contributed by atoms with Crippen LogP contribution in [0.4, 0.5) is 13.6 Å². The normalized spacial score (nSPS) is 20.6. The Hall–Kier alpha value is -3.35. The molecule has 0 aliphatic heterocycles. The summed E-state index contributed by atoms with van der Waals surface area (Å²) in [4.78, 5) is 14.7. The summed E-state index contributed by atoms with van der Waals surface area (Å²) in [6.45, 7) is 8.31. The highest BCUT2D eigenvalue weighted by Crippen LogP contribution is 2.60. The van der Waals surface area contributed by atoms with E-state index in [2.05, 4.69) is 31.0 Å². The van der Waals surface area contributed by atoms with E-state index in [0.29, 0.717) is 5.69 Å². The zero-order valence-electron chi connectivity index (χ0n) is 20.1. The minimum Gasteiger partial charge on any atom is -0.445 e. The zero-order valence-corrected chi connectivity index (χ0v) is 20.1. The second-order valence-corrected chi connectivity index (χ2v) is 9.48. The molecule has 178 valence electrons. The molecular formula is C27H29F2N3O2. The van der Waals surface area contributed by atoms with Crippen LogP contribution in [0, 0.1) is 17.0 Å². The number of amides is 1. The molecule has 3 aromatic rings. The van der Waals surface area contributed by atoms with Gasteiger partial charge in [0.15, 0.2) is 0 Å². The van der Waals surface area contributed by atoms with Crippen LogP contribution in [0.2, 0.25) is 0 Å². The molecule has 5 nitrogen and oxygen atoms in total. The van der Waals surface area contributed by atoms with Crippen molar-refractivity contribution in [3.05, 3.63) is 83.1 Å². The van der Waals surface area contributed by atoms with Gasteiger partial charge in [0.05, 0.1) is 22.5 Å². The largest absolute Gasteiger partial charge is 0.445 e. The second-order valence-electron chi connectivity index (χ2n) is 9.48. The van der Waals surface area contributed by atoms with Crippen molar-refractivity contribution < 1.29 is 18.3 Å². The molecule has 0 fully saturated rings. The number of halogens is 2. The van der Waals surface area contributed by atoms with E-state index in [1.54, 1.807) is 18.0 Å². The van der Waals surface area contributed by atoms with Crippen LogP contribution < -0.4 is 0 Å². The number of nitrogens with zero attached hydrogens (tertiary/aromatic N) is 3. The van der Waals surface area contributed by atoms with Crippen molar-refractivity contribution >= 4 is 6.09 Å². The van der Waals surface area contributed by atoms with Gasteiger partial charge in [-0.25, -0.2) is 13.6 Å². The van der Waals surface area contributed by atoms with Crippen LogP contribution in [0.25, 0.3) is 11.3 Å². The van der Waals surface area contributed by atoms with Gasteiger partial charge in [0.1, 0.15) is 18.2 Å². The summed E-state index contributed by atoms with van der Waals surface area (Å²) in [5, 5.41) is 8.65. The van der Waals surface area contributed by atoms with Crippen LogP contribution in [-0.2, 0) is 16.9 Å². The van der Waals surface area contributed by atoms with Crippen molar-refractivity contribution in [3.8, 4) is 11.3 Å². The lowest BCUT2D eigenvalue weighted by Gasteiger charge is -2.46. The average Bonchev–Trinajstić information content (AvgIpc) is 2.99. The van der Waals surface area contributed by atoms with Gasteiger partial charge in [0.2, 0.25) is 0 Å². The van der Waals surface area contributed by atoms with E-state index < -0.39 is 28.7 Å². The number of carbonyl (C=O) groups is 1. The second kappa shape index (κ2) is 8.78. The van der Waals surface area contributed by atoms with Gasteiger partial charge in [0, 0.05) is 12.5 Å². The first-order valence-corrected chi connectivity index (χ1v) is 11.4. The molecule has 0 radical (unpaired) electrons. The highest BCUT2D eigenvalue weighted by atomic mass is 19.1. The Bertz CT molecular complexity index is 1200. The van der Waals surface area contributed by atoms with Crippen LogP contribution in [0.1, 0.15) is 56.9 Å². The van der Waals surface area contributed by atoms with E-state index in [-0.39, 0.29) is 23.8 Å². The lowest BCUT2D eigenvalue weighted by molar-refractivity contribution is -0.000422. The fourth-order valence-electron chi connectivity index (χ4n) is 5.27.